The molecule has 0 aromatic heterocycles. The molecule has 0 saturated heterocycles. The van der Waals surface area contributed by atoms with Crippen molar-refractivity contribution in [3.05, 3.63) is 24.8 Å². The molecule has 0 aliphatic rings. The van der Waals surface area contributed by atoms with Gasteiger partial charge in [-0.25, -0.2) is 0 Å². The maximum Gasteiger partial charge on any atom is 0.220 e. The van der Waals surface area contributed by atoms with E-state index in [2.05, 4.69) is 13.2 Å². The van der Waals surface area contributed by atoms with Crippen LogP contribution in [-0.2, 0) is 4.74 Å². The molecule has 0 aromatic carbocycles. The van der Waals surface area contributed by atoms with Gasteiger partial charge >= 0.3 is 0 Å². The molecule has 0 fully saturated rings. The number of rotatable bonds is 4. The molecule has 0 bridgehead atoms. The summed E-state index contributed by atoms with van der Waals surface area (Å²) >= 11 is 6.36. The molecule has 0 aromatic rings. The maximum absolute atomic E-state index is 5.06. The van der Waals surface area contributed by atoms with E-state index in [1.54, 1.807) is 6.08 Å². The zero-order valence-electron chi connectivity index (χ0n) is 6.63. The Labute approximate surface area is 77.5 Å². The number of allylic oxidation sites excluding steroid dienone is 1. The SMILES string of the molecule is C=CC(=C)CSC(=S)OCC. The smallest absolute Gasteiger partial charge is 0.220 e. The van der Waals surface area contributed by atoms with Crippen LogP contribution < -0.4 is 0 Å². The summed E-state index contributed by atoms with van der Waals surface area (Å²) < 4.78 is 5.63. The molecule has 0 unspecified atom stereocenters. The minimum atomic E-state index is 0.579. The molecule has 3 heteroatoms. The molecule has 0 radical (unpaired) electrons. The van der Waals surface area contributed by atoms with Crippen molar-refractivity contribution < 1.29 is 4.74 Å². The Kier molecular flexibility index (Phi) is 6.27. The molecule has 0 aliphatic heterocycles. The van der Waals surface area contributed by atoms with E-state index in [9.17, 15) is 0 Å². The van der Waals surface area contributed by atoms with Crippen molar-refractivity contribution in [3.8, 4) is 0 Å². The molecule has 0 spiro atoms. The molecule has 11 heavy (non-hydrogen) atoms. The zero-order valence-corrected chi connectivity index (χ0v) is 8.26. The van der Waals surface area contributed by atoms with E-state index >= 15 is 0 Å². The third kappa shape index (κ3) is 6.13. The molecule has 1 nitrogen and oxygen atoms in total. The van der Waals surface area contributed by atoms with Crippen molar-refractivity contribution in [1.82, 2.24) is 0 Å². The average Bonchev–Trinajstić information content (AvgIpc) is 2.01. The third-order valence-electron chi connectivity index (χ3n) is 0.926. The zero-order chi connectivity index (χ0) is 8.69. The van der Waals surface area contributed by atoms with E-state index in [0.717, 1.165) is 11.3 Å². The summed E-state index contributed by atoms with van der Waals surface area (Å²) in [5.41, 5.74) is 0.969. The summed E-state index contributed by atoms with van der Waals surface area (Å²) in [6.45, 7) is 9.88. The summed E-state index contributed by atoms with van der Waals surface area (Å²) in [4.78, 5) is 0. The molecular formula is C8H12OS2. The topological polar surface area (TPSA) is 9.23 Å². The van der Waals surface area contributed by atoms with Crippen LogP contribution in [0.3, 0.4) is 0 Å². The summed E-state index contributed by atoms with van der Waals surface area (Å²) in [6, 6.07) is 0. The molecule has 0 N–H and O–H groups in total. The van der Waals surface area contributed by atoms with Gasteiger partial charge in [-0.15, -0.1) is 0 Å². The van der Waals surface area contributed by atoms with Crippen LogP contribution in [0.5, 0.6) is 0 Å². The Morgan fingerprint density at radius 2 is 2.36 bits per heavy atom. The second-order valence-electron chi connectivity index (χ2n) is 1.83. The van der Waals surface area contributed by atoms with Crippen molar-refractivity contribution >= 4 is 28.4 Å². The van der Waals surface area contributed by atoms with E-state index in [4.69, 9.17) is 17.0 Å². The van der Waals surface area contributed by atoms with E-state index in [-0.39, 0.29) is 0 Å². The molecule has 0 rings (SSSR count). The van der Waals surface area contributed by atoms with Crippen molar-refractivity contribution in [2.24, 2.45) is 0 Å². The van der Waals surface area contributed by atoms with Crippen LogP contribution in [0, 0.1) is 0 Å². The lowest BCUT2D eigenvalue weighted by atomic mass is 10.4. The van der Waals surface area contributed by atoms with Gasteiger partial charge in [0.15, 0.2) is 0 Å². The number of hydrogen-bond acceptors (Lipinski definition) is 3. The lowest BCUT2D eigenvalue weighted by molar-refractivity contribution is 0.346. The Morgan fingerprint density at radius 3 is 2.82 bits per heavy atom. The Hall–Kier alpha value is -0.280. The lowest BCUT2D eigenvalue weighted by Gasteiger charge is -2.02. The average molecular weight is 188 g/mol. The maximum atomic E-state index is 5.06. The number of hydrogen-bond donors (Lipinski definition) is 0. The van der Waals surface area contributed by atoms with Crippen LogP contribution in [-0.4, -0.2) is 16.7 Å². The van der Waals surface area contributed by atoms with Gasteiger partial charge in [0.25, 0.3) is 0 Å². The van der Waals surface area contributed by atoms with Gasteiger partial charge in [0, 0.05) is 5.75 Å². The van der Waals surface area contributed by atoms with Crippen LogP contribution in [0.15, 0.2) is 24.8 Å². The van der Waals surface area contributed by atoms with Gasteiger partial charge in [0.2, 0.25) is 4.38 Å². The van der Waals surface area contributed by atoms with Gasteiger partial charge < -0.3 is 4.74 Å². The number of thiocarbonyl (C=S) groups is 1. The second kappa shape index (κ2) is 6.43. The molecular weight excluding hydrogens is 176 g/mol. The number of ether oxygens (including phenoxy) is 1. The van der Waals surface area contributed by atoms with Crippen LogP contribution in [0.25, 0.3) is 0 Å². The molecule has 0 atom stereocenters. The first-order chi connectivity index (χ1) is 5.20. The van der Waals surface area contributed by atoms with Gasteiger partial charge in [0.05, 0.1) is 6.61 Å². The van der Waals surface area contributed by atoms with Crippen molar-refractivity contribution in [1.29, 1.82) is 0 Å². The Balaban J connectivity index is 3.45. The van der Waals surface area contributed by atoms with E-state index in [0.29, 0.717) is 11.0 Å². The van der Waals surface area contributed by atoms with Gasteiger partial charge in [0.1, 0.15) is 0 Å². The van der Waals surface area contributed by atoms with Crippen LogP contribution in [0.2, 0.25) is 0 Å². The molecule has 0 aliphatic carbocycles. The molecule has 0 amide bonds. The van der Waals surface area contributed by atoms with E-state index < -0.39 is 0 Å². The third-order valence-corrected chi connectivity index (χ3v) is 2.27. The summed E-state index contributed by atoms with van der Waals surface area (Å²) in [5, 5.41) is 0. The number of thioether (sulfide) groups is 1. The monoisotopic (exact) mass is 188 g/mol. The highest BCUT2D eigenvalue weighted by Gasteiger charge is 1.96. The van der Waals surface area contributed by atoms with Gasteiger partial charge in [-0.1, -0.05) is 31.0 Å². The second-order valence-corrected chi connectivity index (χ2v) is 3.41. The van der Waals surface area contributed by atoms with Gasteiger partial charge in [-0.05, 0) is 24.7 Å². The van der Waals surface area contributed by atoms with Crippen LogP contribution >= 0.6 is 24.0 Å². The fourth-order valence-electron chi connectivity index (χ4n) is 0.370. The first-order valence-electron chi connectivity index (χ1n) is 3.30. The standard InChI is InChI=1S/C8H12OS2/c1-4-7(3)6-11-8(10)9-5-2/h4H,1,3,5-6H2,2H3. The van der Waals surface area contributed by atoms with Gasteiger partial charge in [-0.2, -0.15) is 0 Å². The lowest BCUT2D eigenvalue weighted by Crippen LogP contribution is -1.97. The minimum absolute atomic E-state index is 0.579. The Morgan fingerprint density at radius 1 is 1.73 bits per heavy atom. The molecule has 0 heterocycles. The highest BCUT2D eigenvalue weighted by Crippen LogP contribution is 2.10. The van der Waals surface area contributed by atoms with Crippen molar-refractivity contribution in [2.45, 2.75) is 6.92 Å². The van der Waals surface area contributed by atoms with Crippen LogP contribution in [0.1, 0.15) is 6.92 Å². The minimum Gasteiger partial charge on any atom is -0.479 e. The largest absolute Gasteiger partial charge is 0.479 e. The van der Waals surface area contributed by atoms with E-state index in [1.807, 2.05) is 6.92 Å². The first-order valence-corrected chi connectivity index (χ1v) is 4.69. The summed E-state index contributed by atoms with van der Waals surface area (Å²) in [7, 11) is 0. The fraction of sp³-hybridized carbons (Fsp3) is 0.375. The normalized spacial score (nSPS) is 8.82. The highest BCUT2D eigenvalue weighted by atomic mass is 32.2. The van der Waals surface area contributed by atoms with Crippen molar-refractivity contribution in [3.63, 3.8) is 0 Å². The summed E-state index contributed by atoms with van der Waals surface area (Å²) in [5.74, 6) is 0.766. The van der Waals surface area contributed by atoms with Crippen molar-refractivity contribution in [2.75, 3.05) is 12.4 Å². The fourth-order valence-corrected chi connectivity index (χ4v) is 1.29. The first kappa shape index (κ1) is 10.7. The van der Waals surface area contributed by atoms with Crippen LogP contribution in [0.4, 0.5) is 0 Å². The van der Waals surface area contributed by atoms with Gasteiger partial charge in [-0.3, -0.25) is 0 Å². The van der Waals surface area contributed by atoms with E-state index in [1.165, 1.54) is 11.8 Å². The predicted molar refractivity (Wildman–Crippen MR) is 56.0 cm³/mol. The molecule has 0 saturated carbocycles. The Bertz CT molecular complexity index is 163. The highest BCUT2D eigenvalue weighted by molar-refractivity contribution is 8.22. The predicted octanol–water partition coefficient (Wildman–Crippen LogP) is 2.78. The quantitative estimate of drug-likeness (QED) is 0.496. The molecule has 62 valence electrons. The summed E-state index contributed by atoms with van der Waals surface area (Å²) in [6.07, 6.45) is 1.72.